The van der Waals surface area contributed by atoms with E-state index >= 15 is 0 Å². The number of furan rings is 1. The third-order valence-electron chi connectivity index (χ3n) is 5.95. The first-order chi connectivity index (χ1) is 17.9. The number of aromatic nitrogens is 1. The molecule has 1 N–H and O–H groups in total. The third-order valence-corrected chi connectivity index (χ3v) is 6.97. The van der Waals surface area contributed by atoms with Crippen LogP contribution >= 0.6 is 11.3 Å². The fourth-order valence-electron chi connectivity index (χ4n) is 4.26. The van der Waals surface area contributed by atoms with Crippen LogP contribution in [0.15, 0.2) is 70.3 Å². The summed E-state index contributed by atoms with van der Waals surface area (Å²) in [6.07, 6.45) is 0.868. The van der Waals surface area contributed by atoms with Gasteiger partial charge >= 0.3 is 0 Å². The number of aliphatic hydroxyl groups excluding tert-OH is 1. The number of aliphatic hydroxyl groups is 1. The lowest BCUT2D eigenvalue weighted by atomic mass is 9.95. The Morgan fingerprint density at radius 3 is 2.51 bits per heavy atom. The number of carbonyl (C=O) groups is 2. The highest BCUT2D eigenvalue weighted by Gasteiger charge is 2.46. The van der Waals surface area contributed by atoms with Crippen LogP contribution in [0.3, 0.4) is 0 Å². The van der Waals surface area contributed by atoms with Gasteiger partial charge in [0.1, 0.15) is 17.3 Å². The van der Waals surface area contributed by atoms with Crippen LogP contribution in [0, 0.1) is 6.92 Å². The molecule has 1 amide bonds. The molecule has 1 atom stereocenters. The van der Waals surface area contributed by atoms with Gasteiger partial charge in [0, 0.05) is 0 Å². The van der Waals surface area contributed by atoms with E-state index in [9.17, 15) is 14.7 Å². The molecule has 1 aliphatic rings. The summed E-state index contributed by atoms with van der Waals surface area (Å²) in [5, 5.41) is 11.3. The van der Waals surface area contributed by atoms with Crippen LogP contribution in [0.1, 0.15) is 48.2 Å². The molecule has 0 aliphatic carbocycles. The molecule has 8 nitrogen and oxygen atoms in total. The summed E-state index contributed by atoms with van der Waals surface area (Å²) in [6.45, 7) is 6.75. The third kappa shape index (κ3) is 4.58. The van der Waals surface area contributed by atoms with Crippen molar-refractivity contribution in [2.45, 2.75) is 33.2 Å². The second-order valence-corrected chi connectivity index (χ2v) is 9.56. The molecular weight excluding hydrogens is 492 g/mol. The number of hydrogen-bond acceptors (Lipinski definition) is 8. The van der Waals surface area contributed by atoms with E-state index in [1.165, 1.54) is 22.3 Å². The number of fused-ring (bicyclic) bond motifs is 1. The van der Waals surface area contributed by atoms with Gasteiger partial charge in [-0.05, 0) is 68.3 Å². The second kappa shape index (κ2) is 10.1. The largest absolute Gasteiger partial charge is 0.503 e. The summed E-state index contributed by atoms with van der Waals surface area (Å²) in [5.41, 5.74) is 1.25. The molecule has 0 bridgehead atoms. The van der Waals surface area contributed by atoms with Crippen molar-refractivity contribution in [3.8, 4) is 11.5 Å². The molecule has 190 valence electrons. The number of ether oxygens (including phenoxy) is 2. The SMILES string of the molecule is CCCOc1ccc([C@@H]2C(C(=O)c3ccc(C)o3)=C(O)C(=O)N2c2nc3ccc(OCC)cc3s2)cc1. The summed E-state index contributed by atoms with van der Waals surface area (Å²) in [7, 11) is 0. The van der Waals surface area contributed by atoms with Crippen LogP contribution in [0.25, 0.3) is 10.2 Å². The number of hydrogen-bond donors (Lipinski definition) is 1. The lowest BCUT2D eigenvalue weighted by Gasteiger charge is -2.24. The van der Waals surface area contributed by atoms with Gasteiger partial charge in [0.25, 0.3) is 5.91 Å². The molecule has 3 heterocycles. The molecule has 0 spiro atoms. The minimum atomic E-state index is -0.905. The Bertz CT molecular complexity index is 1500. The highest BCUT2D eigenvalue weighted by molar-refractivity contribution is 7.22. The molecule has 5 rings (SSSR count). The Morgan fingerprint density at radius 2 is 1.84 bits per heavy atom. The number of Topliss-reactive ketones (excluding diaryl/α,β-unsaturated/α-hetero) is 1. The molecule has 0 fully saturated rings. The summed E-state index contributed by atoms with van der Waals surface area (Å²) in [6, 6.07) is 14.9. The first kappa shape index (κ1) is 24.6. The monoisotopic (exact) mass is 518 g/mol. The molecule has 1 aliphatic heterocycles. The van der Waals surface area contributed by atoms with Crippen molar-refractivity contribution in [3.05, 3.63) is 83.0 Å². The van der Waals surface area contributed by atoms with Gasteiger partial charge in [-0.25, -0.2) is 4.98 Å². The zero-order chi connectivity index (χ0) is 26.1. The predicted octanol–water partition coefficient (Wildman–Crippen LogP) is 6.17. The summed E-state index contributed by atoms with van der Waals surface area (Å²) < 4.78 is 17.7. The fraction of sp³-hybridized carbons (Fsp3) is 0.250. The normalized spacial score (nSPS) is 15.6. The average molecular weight is 519 g/mol. The second-order valence-electron chi connectivity index (χ2n) is 8.56. The van der Waals surface area contributed by atoms with Gasteiger partial charge in [-0.2, -0.15) is 0 Å². The van der Waals surface area contributed by atoms with E-state index in [-0.39, 0.29) is 11.3 Å². The molecule has 0 saturated carbocycles. The number of thiazole rings is 1. The van der Waals surface area contributed by atoms with Crippen molar-refractivity contribution in [2.24, 2.45) is 0 Å². The average Bonchev–Trinajstić information content (AvgIpc) is 3.59. The maximum atomic E-state index is 13.5. The lowest BCUT2D eigenvalue weighted by Crippen LogP contribution is -2.30. The standard InChI is InChI=1S/C28H26N2O6S/c1-4-14-35-18-9-7-17(8-10-18)24-23(25(31)21-13-6-16(3)36-21)26(32)27(33)30(24)28-29-20-12-11-19(34-5-2)15-22(20)37-28/h6-13,15,24,32H,4-5,14H2,1-3H3/t24-/m1/s1. The number of nitrogens with zero attached hydrogens (tertiary/aromatic N) is 2. The fourth-order valence-corrected chi connectivity index (χ4v) is 5.28. The molecule has 4 aromatic rings. The predicted molar refractivity (Wildman–Crippen MR) is 141 cm³/mol. The Kier molecular flexibility index (Phi) is 6.71. The highest BCUT2D eigenvalue weighted by atomic mass is 32.1. The van der Waals surface area contributed by atoms with Gasteiger partial charge in [0.2, 0.25) is 5.78 Å². The van der Waals surface area contributed by atoms with Crippen molar-refractivity contribution in [3.63, 3.8) is 0 Å². The molecule has 37 heavy (non-hydrogen) atoms. The minimum Gasteiger partial charge on any atom is -0.503 e. The Balaban J connectivity index is 1.60. The Morgan fingerprint density at radius 1 is 1.08 bits per heavy atom. The van der Waals surface area contributed by atoms with Gasteiger partial charge < -0.3 is 19.0 Å². The van der Waals surface area contributed by atoms with E-state index in [1.807, 2.05) is 32.0 Å². The van der Waals surface area contributed by atoms with E-state index in [0.717, 1.165) is 11.1 Å². The van der Waals surface area contributed by atoms with Gasteiger partial charge in [-0.15, -0.1) is 0 Å². The number of carbonyl (C=O) groups excluding carboxylic acids is 2. The molecule has 0 radical (unpaired) electrons. The molecule has 0 unspecified atom stereocenters. The van der Waals surface area contributed by atoms with E-state index < -0.39 is 23.5 Å². The van der Waals surface area contributed by atoms with Crippen molar-refractivity contribution in [1.82, 2.24) is 4.98 Å². The summed E-state index contributed by atoms with van der Waals surface area (Å²) in [4.78, 5) is 33.0. The minimum absolute atomic E-state index is 0.0484. The van der Waals surface area contributed by atoms with Crippen LogP contribution in [0.4, 0.5) is 5.13 Å². The van der Waals surface area contributed by atoms with Crippen LogP contribution in [0.5, 0.6) is 11.5 Å². The number of ketones is 1. The molecule has 2 aromatic carbocycles. The first-order valence-corrected chi connectivity index (χ1v) is 12.9. The van der Waals surface area contributed by atoms with E-state index in [4.69, 9.17) is 13.9 Å². The summed E-state index contributed by atoms with van der Waals surface area (Å²) >= 11 is 1.28. The summed E-state index contributed by atoms with van der Waals surface area (Å²) in [5.74, 6) is 0.0890. The molecule has 9 heteroatoms. The smallest absolute Gasteiger partial charge is 0.296 e. The van der Waals surface area contributed by atoms with Crippen molar-refractivity contribution in [2.75, 3.05) is 18.1 Å². The lowest BCUT2D eigenvalue weighted by molar-refractivity contribution is -0.117. The maximum Gasteiger partial charge on any atom is 0.296 e. The number of aryl methyl sites for hydroxylation is 1. The van der Waals surface area contributed by atoms with Crippen molar-refractivity contribution in [1.29, 1.82) is 0 Å². The molecular formula is C28H26N2O6S. The number of benzene rings is 2. The maximum absolute atomic E-state index is 13.5. The number of amides is 1. The van der Waals surface area contributed by atoms with Crippen molar-refractivity contribution < 1.29 is 28.6 Å². The quantitative estimate of drug-likeness (QED) is 0.264. The van der Waals surface area contributed by atoms with Crippen LogP contribution in [0.2, 0.25) is 0 Å². The number of anilines is 1. The van der Waals surface area contributed by atoms with Gasteiger partial charge in [0.05, 0.1) is 35.0 Å². The van der Waals surface area contributed by atoms with Gasteiger partial charge in [-0.1, -0.05) is 30.4 Å². The highest BCUT2D eigenvalue weighted by Crippen LogP contribution is 2.44. The Hall–Kier alpha value is -4.11. The first-order valence-electron chi connectivity index (χ1n) is 12.0. The van der Waals surface area contributed by atoms with Crippen LogP contribution in [-0.2, 0) is 4.79 Å². The van der Waals surface area contributed by atoms with E-state index in [2.05, 4.69) is 4.98 Å². The van der Waals surface area contributed by atoms with Gasteiger partial charge in [-0.3, -0.25) is 14.5 Å². The van der Waals surface area contributed by atoms with Crippen molar-refractivity contribution >= 4 is 38.4 Å². The zero-order valence-corrected chi connectivity index (χ0v) is 21.5. The Labute approximate surface area is 217 Å². The topological polar surface area (TPSA) is 102 Å². The van der Waals surface area contributed by atoms with Crippen LogP contribution in [-0.4, -0.2) is 35.0 Å². The van der Waals surface area contributed by atoms with Gasteiger partial charge in [0.15, 0.2) is 16.7 Å². The number of rotatable bonds is 9. The molecule has 0 saturated heterocycles. The van der Waals surface area contributed by atoms with E-state index in [1.54, 1.807) is 37.3 Å². The van der Waals surface area contributed by atoms with Crippen LogP contribution < -0.4 is 14.4 Å². The molecule has 2 aromatic heterocycles. The zero-order valence-electron chi connectivity index (χ0n) is 20.7. The van der Waals surface area contributed by atoms with E-state index in [0.29, 0.717) is 46.7 Å².